The van der Waals surface area contributed by atoms with Crippen molar-refractivity contribution in [3.05, 3.63) is 12.1 Å². The molecule has 1 saturated heterocycles. The summed E-state index contributed by atoms with van der Waals surface area (Å²) in [6.45, 7) is 2.13. The Morgan fingerprint density at radius 1 is 1.67 bits per heavy atom. The van der Waals surface area contributed by atoms with Crippen molar-refractivity contribution < 1.29 is 4.84 Å². The first kappa shape index (κ1) is 7.70. The monoisotopic (exact) mass is 169 g/mol. The minimum atomic E-state index is 0.472. The molecule has 0 aliphatic carbocycles. The Kier molecular flexibility index (Phi) is 2.33. The summed E-state index contributed by atoms with van der Waals surface area (Å²) >= 11 is 0. The molecule has 2 aliphatic rings. The van der Waals surface area contributed by atoms with Crippen LogP contribution in [0.3, 0.4) is 0 Å². The molecule has 1 fully saturated rings. The van der Waals surface area contributed by atoms with Crippen molar-refractivity contribution in [1.29, 1.82) is 0 Å². The predicted molar refractivity (Wildman–Crippen MR) is 43.5 cm³/mol. The molecular weight excluding hydrogens is 156 g/mol. The van der Waals surface area contributed by atoms with Gasteiger partial charge in [0.1, 0.15) is 0 Å². The number of nitrogens with zero attached hydrogens (tertiary/aromatic N) is 1. The van der Waals surface area contributed by atoms with Crippen LogP contribution in [0.25, 0.3) is 0 Å². The zero-order valence-corrected chi connectivity index (χ0v) is 6.84. The molecule has 0 aromatic heterocycles. The predicted octanol–water partition coefficient (Wildman–Crippen LogP) is -0.819. The molecule has 12 heavy (non-hydrogen) atoms. The van der Waals surface area contributed by atoms with Crippen LogP contribution < -0.4 is 21.6 Å². The average molecular weight is 169 g/mol. The minimum Gasteiger partial charge on any atom is -0.349 e. The first-order valence-electron chi connectivity index (χ1n) is 4.25. The Bertz CT molecular complexity index is 176. The molecule has 2 aliphatic heterocycles. The van der Waals surface area contributed by atoms with Gasteiger partial charge in [-0.15, -0.1) is 0 Å². The number of nitrogens with one attached hydrogen (secondary N) is 3. The normalized spacial score (nSPS) is 28.7. The van der Waals surface area contributed by atoms with Crippen molar-refractivity contribution >= 4 is 0 Å². The van der Waals surface area contributed by atoms with E-state index in [4.69, 9.17) is 4.84 Å². The van der Waals surface area contributed by atoms with Gasteiger partial charge in [-0.3, -0.25) is 5.43 Å². The van der Waals surface area contributed by atoms with Crippen LogP contribution in [0.4, 0.5) is 0 Å². The van der Waals surface area contributed by atoms with E-state index in [1.165, 1.54) is 12.8 Å². The van der Waals surface area contributed by atoms with Crippen LogP contribution in [-0.2, 0) is 4.84 Å². The van der Waals surface area contributed by atoms with Gasteiger partial charge in [0.2, 0.25) is 5.88 Å². The topological polar surface area (TPSA) is 59.4 Å². The van der Waals surface area contributed by atoms with E-state index < -0.39 is 0 Å². The lowest BCUT2D eigenvalue weighted by Crippen LogP contribution is -2.42. The molecule has 3 N–H and O–H groups in total. The molecule has 67 valence electrons. The fourth-order valence-electron chi connectivity index (χ4n) is 1.43. The largest absolute Gasteiger partial charge is 0.349 e. The van der Waals surface area contributed by atoms with Gasteiger partial charge in [0.05, 0.1) is 11.8 Å². The maximum Gasteiger partial charge on any atom is 0.234 e. The molecular formula is C7H13N4O. The highest BCUT2D eigenvalue weighted by Gasteiger charge is 2.15. The fourth-order valence-corrected chi connectivity index (χ4v) is 1.43. The Morgan fingerprint density at radius 2 is 2.67 bits per heavy atom. The van der Waals surface area contributed by atoms with Crippen molar-refractivity contribution in [3.63, 3.8) is 0 Å². The third kappa shape index (κ3) is 1.80. The van der Waals surface area contributed by atoms with E-state index in [9.17, 15) is 0 Å². The summed E-state index contributed by atoms with van der Waals surface area (Å²) in [4.78, 5) is 4.89. The highest BCUT2D eigenvalue weighted by atomic mass is 16.7. The lowest BCUT2D eigenvalue weighted by atomic mass is 10.1. The Balaban J connectivity index is 1.77. The van der Waals surface area contributed by atoms with Gasteiger partial charge in [0.15, 0.2) is 0 Å². The van der Waals surface area contributed by atoms with E-state index in [-0.39, 0.29) is 0 Å². The zero-order chi connectivity index (χ0) is 8.23. The summed E-state index contributed by atoms with van der Waals surface area (Å²) in [6.07, 6.45) is 4.12. The second kappa shape index (κ2) is 3.64. The highest BCUT2D eigenvalue weighted by Crippen LogP contribution is 2.04. The van der Waals surface area contributed by atoms with E-state index in [0.717, 1.165) is 13.1 Å². The molecule has 2 heterocycles. The lowest BCUT2D eigenvalue weighted by Gasteiger charge is -2.23. The summed E-state index contributed by atoms with van der Waals surface area (Å²) in [5.74, 6) is 0.712. The lowest BCUT2D eigenvalue weighted by molar-refractivity contribution is 0.0842. The first-order valence-corrected chi connectivity index (χ1v) is 4.25. The Morgan fingerprint density at radius 3 is 3.33 bits per heavy atom. The number of hydrogen-bond acceptors (Lipinski definition) is 4. The van der Waals surface area contributed by atoms with Gasteiger partial charge in [-0.05, 0) is 19.4 Å². The van der Waals surface area contributed by atoms with E-state index in [1.54, 1.807) is 6.20 Å². The van der Waals surface area contributed by atoms with Crippen LogP contribution >= 0.6 is 0 Å². The molecule has 1 atom stereocenters. The molecule has 5 heteroatoms. The van der Waals surface area contributed by atoms with Crippen LogP contribution in [0, 0.1) is 0 Å². The van der Waals surface area contributed by atoms with Gasteiger partial charge in [0.25, 0.3) is 0 Å². The van der Waals surface area contributed by atoms with Crippen molar-refractivity contribution in [3.8, 4) is 0 Å². The maximum absolute atomic E-state index is 4.89. The third-order valence-electron chi connectivity index (χ3n) is 2.04. The van der Waals surface area contributed by atoms with Gasteiger partial charge < -0.3 is 15.5 Å². The summed E-state index contributed by atoms with van der Waals surface area (Å²) in [6, 6.07) is 0.472. The van der Waals surface area contributed by atoms with Crippen molar-refractivity contribution in [2.24, 2.45) is 0 Å². The minimum absolute atomic E-state index is 0.472. The van der Waals surface area contributed by atoms with Gasteiger partial charge in [-0.1, -0.05) is 0 Å². The molecule has 0 spiro atoms. The fraction of sp³-hybridized carbons (Fsp3) is 0.714. The van der Waals surface area contributed by atoms with Crippen LogP contribution in [0.5, 0.6) is 0 Å². The van der Waals surface area contributed by atoms with Crippen molar-refractivity contribution in [2.45, 2.75) is 18.9 Å². The molecule has 0 aromatic carbocycles. The van der Waals surface area contributed by atoms with Gasteiger partial charge >= 0.3 is 0 Å². The van der Waals surface area contributed by atoms with Crippen LogP contribution in [-0.4, -0.2) is 19.1 Å². The van der Waals surface area contributed by atoms with Gasteiger partial charge in [0, 0.05) is 12.6 Å². The molecule has 1 unspecified atom stereocenters. The van der Waals surface area contributed by atoms with Crippen molar-refractivity contribution in [2.75, 3.05) is 13.1 Å². The molecule has 0 aromatic rings. The molecule has 5 nitrogen and oxygen atoms in total. The van der Waals surface area contributed by atoms with Crippen molar-refractivity contribution in [1.82, 2.24) is 21.6 Å². The van der Waals surface area contributed by atoms with Crippen LogP contribution in [0.2, 0.25) is 0 Å². The smallest absolute Gasteiger partial charge is 0.234 e. The van der Waals surface area contributed by atoms with E-state index in [2.05, 4.69) is 21.6 Å². The second-order valence-corrected chi connectivity index (χ2v) is 3.01. The first-order chi connectivity index (χ1) is 5.95. The summed E-state index contributed by atoms with van der Waals surface area (Å²) in [5.41, 5.74) is 6.12. The highest BCUT2D eigenvalue weighted by molar-refractivity contribution is 4.94. The molecule has 1 radical (unpaired) electrons. The summed E-state index contributed by atoms with van der Waals surface area (Å²) in [7, 11) is 0. The summed E-state index contributed by atoms with van der Waals surface area (Å²) in [5, 5.41) is 6.55. The number of hydrogen-bond donors (Lipinski definition) is 3. The quantitative estimate of drug-likeness (QED) is 0.505. The number of piperidine rings is 1. The van der Waals surface area contributed by atoms with E-state index in [0.29, 0.717) is 11.9 Å². The molecule has 2 rings (SSSR count). The SMILES string of the molecule is C1=C(NC2CCCNC2)O[N]N1. The summed E-state index contributed by atoms with van der Waals surface area (Å²) < 4.78 is 0. The average Bonchev–Trinajstić information content (AvgIpc) is 2.59. The second-order valence-electron chi connectivity index (χ2n) is 3.01. The molecule has 0 amide bonds. The molecule has 0 bridgehead atoms. The van der Waals surface area contributed by atoms with E-state index in [1.807, 2.05) is 0 Å². The van der Waals surface area contributed by atoms with Gasteiger partial charge in [-0.25, -0.2) is 0 Å². The molecule has 0 saturated carbocycles. The van der Waals surface area contributed by atoms with Crippen LogP contribution in [0.15, 0.2) is 12.1 Å². The van der Waals surface area contributed by atoms with E-state index >= 15 is 0 Å². The third-order valence-corrected chi connectivity index (χ3v) is 2.04. The Hall–Kier alpha value is -0.940. The Labute approximate surface area is 71.5 Å². The number of rotatable bonds is 2. The maximum atomic E-state index is 4.89. The standard InChI is InChI=1S/C7H13N4O/c1-2-6(4-8-3-1)10-7-5-9-11-12-7/h5-6,8-10H,1-4H2. The zero-order valence-electron chi connectivity index (χ0n) is 6.84. The van der Waals surface area contributed by atoms with Crippen LogP contribution in [0.1, 0.15) is 12.8 Å². The van der Waals surface area contributed by atoms with Gasteiger partial charge in [-0.2, -0.15) is 0 Å².